The maximum atomic E-state index is 12.1. The van der Waals surface area contributed by atoms with Gasteiger partial charge in [0.2, 0.25) is 0 Å². The zero-order valence-corrected chi connectivity index (χ0v) is 12.4. The van der Waals surface area contributed by atoms with Crippen LogP contribution in [0.15, 0.2) is 29.4 Å². The van der Waals surface area contributed by atoms with Crippen molar-refractivity contribution in [1.82, 2.24) is 5.32 Å². The highest BCUT2D eigenvalue weighted by Gasteiger charge is 2.27. The minimum Gasteiger partial charge on any atom is -0.469 e. The van der Waals surface area contributed by atoms with Gasteiger partial charge in [-0.15, -0.1) is 0 Å². The molecule has 7 nitrogen and oxygen atoms in total. The van der Waals surface area contributed by atoms with Crippen molar-refractivity contribution >= 4 is 17.6 Å². The molecule has 116 valence electrons. The Balaban J connectivity index is 1.87. The molecular weight excluding hydrogens is 284 g/mol. The Hall–Kier alpha value is -2.53. The van der Waals surface area contributed by atoms with Gasteiger partial charge in [0.15, 0.2) is 0 Å². The maximum Gasteiger partial charge on any atom is 0.308 e. The summed E-state index contributed by atoms with van der Waals surface area (Å²) in [6.45, 7) is 0. The van der Waals surface area contributed by atoms with Gasteiger partial charge >= 0.3 is 5.97 Å². The van der Waals surface area contributed by atoms with Crippen LogP contribution in [-0.2, 0) is 9.53 Å². The summed E-state index contributed by atoms with van der Waals surface area (Å²) in [5.41, 5.74) is 9.33. The number of carbonyl (C=O) groups is 2. The van der Waals surface area contributed by atoms with Crippen LogP contribution in [0.5, 0.6) is 0 Å². The van der Waals surface area contributed by atoms with E-state index < -0.39 is 0 Å². The number of rotatable bonds is 4. The van der Waals surface area contributed by atoms with E-state index in [-0.39, 0.29) is 23.8 Å². The largest absolute Gasteiger partial charge is 0.469 e. The second kappa shape index (κ2) is 7.47. The Morgan fingerprint density at radius 2 is 1.86 bits per heavy atom. The molecule has 0 spiro atoms. The quantitative estimate of drug-likeness (QED) is 0.400. The van der Waals surface area contributed by atoms with Crippen LogP contribution in [0.4, 0.5) is 5.69 Å². The zero-order chi connectivity index (χ0) is 15.9. The Morgan fingerprint density at radius 1 is 1.23 bits per heavy atom. The lowest BCUT2D eigenvalue weighted by atomic mass is 9.86. The molecule has 7 heteroatoms. The number of amides is 1. The van der Waals surface area contributed by atoms with Gasteiger partial charge in [0.05, 0.1) is 13.0 Å². The Kier molecular flexibility index (Phi) is 5.38. The normalized spacial score (nSPS) is 20.6. The first-order valence-electron chi connectivity index (χ1n) is 7.18. The van der Waals surface area contributed by atoms with E-state index in [4.69, 9.17) is 10.3 Å². The molecule has 0 heterocycles. The first-order valence-corrected chi connectivity index (χ1v) is 7.18. The molecule has 1 aliphatic carbocycles. The standard InChI is InChI=1S/C15H18N4O3/c1-22-15(21)11-4-6-12(7-5-11)17-14(20)10-2-8-13(9-3-10)18-19-16/h2-3,8-9,11-12H,4-7H2,1H3,(H,17,20). The summed E-state index contributed by atoms with van der Waals surface area (Å²) in [5.74, 6) is -0.381. The van der Waals surface area contributed by atoms with Gasteiger partial charge in [-0.3, -0.25) is 9.59 Å². The van der Waals surface area contributed by atoms with Crippen LogP contribution in [0.25, 0.3) is 10.4 Å². The molecule has 1 aromatic carbocycles. The number of esters is 1. The maximum absolute atomic E-state index is 12.1. The predicted octanol–water partition coefficient (Wildman–Crippen LogP) is 3.09. The highest BCUT2D eigenvalue weighted by Crippen LogP contribution is 2.25. The van der Waals surface area contributed by atoms with Gasteiger partial charge in [0, 0.05) is 22.2 Å². The van der Waals surface area contributed by atoms with Crippen LogP contribution in [-0.4, -0.2) is 25.0 Å². The molecule has 0 unspecified atom stereocenters. The number of carbonyl (C=O) groups excluding carboxylic acids is 2. The lowest BCUT2D eigenvalue weighted by molar-refractivity contribution is -0.146. The third-order valence-corrected chi connectivity index (χ3v) is 3.89. The van der Waals surface area contributed by atoms with Crippen LogP contribution in [0.2, 0.25) is 0 Å². The molecule has 0 saturated heterocycles. The van der Waals surface area contributed by atoms with Crippen LogP contribution in [0, 0.1) is 5.92 Å². The molecule has 1 saturated carbocycles. The van der Waals surface area contributed by atoms with E-state index >= 15 is 0 Å². The monoisotopic (exact) mass is 302 g/mol. The van der Waals surface area contributed by atoms with Crippen molar-refractivity contribution < 1.29 is 14.3 Å². The number of hydrogen-bond acceptors (Lipinski definition) is 4. The van der Waals surface area contributed by atoms with Gasteiger partial charge in [0.25, 0.3) is 5.91 Å². The van der Waals surface area contributed by atoms with Crippen molar-refractivity contribution in [3.05, 3.63) is 40.3 Å². The van der Waals surface area contributed by atoms with Crippen molar-refractivity contribution in [2.45, 2.75) is 31.7 Å². The molecule has 1 amide bonds. The predicted molar refractivity (Wildman–Crippen MR) is 80.5 cm³/mol. The van der Waals surface area contributed by atoms with Crippen molar-refractivity contribution in [3.8, 4) is 0 Å². The average Bonchev–Trinajstić information content (AvgIpc) is 2.55. The summed E-state index contributed by atoms with van der Waals surface area (Å²) in [6, 6.07) is 6.52. The molecule has 22 heavy (non-hydrogen) atoms. The summed E-state index contributed by atoms with van der Waals surface area (Å²) >= 11 is 0. The van der Waals surface area contributed by atoms with Crippen molar-refractivity contribution in [3.63, 3.8) is 0 Å². The van der Waals surface area contributed by atoms with E-state index in [1.807, 2.05) is 0 Å². The second-order valence-electron chi connectivity index (χ2n) is 5.28. The van der Waals surface area contributed by atoms with E-state index in [0.29, 0.717) is 11.3 Å². The molecule has 0 aromatic heterocycles. The SMILES string of the molecule is COC(=O)C1CCC(NC(=O)c2ccc(N=[N+]=[N-])cc2)CC1. The third-order valence-electron chi connectivity index (χ3n) is 3.89. The summed E-state index contributed by atoms with van der Waals surface area (Å²) in [7, 11) is 1.40. The Bertz CT molecular complexity index is 585. The highest BCUT2D eigenvalue weighted by molar-refractivity contribution is 5.94. The van der Waals surface area contributed by atoms with Gasteiger partial charge in [-0.2, -0.15) is 0 Å². The van der Waals surface area contributed by atoms with Crippen LogP contribution >= 0.6 is 0 Å². The van der Waals surface area contributed by atoms with E-state index in [1.165, 1.54) is 7.11 Å². The lowest BCUT2D eigenvalue weighted by Gasteiger charge is -2.27. The van der Waals surface area contributed by atoms with Crippen molar-refractivity contribution in [1.29, 1.82) is 0 Å². The number of azide groups is 1. The molecule has 1 aromatic rings. The smallest absolute Gasteiger partial charge is 0.308 e. The number of methoxy groups -OCH3 is 1. The fourth-order valence-corrected chi connectivity index (χ4v) is 2.64. The average molecular weight is 302 g/mol. The van der Waals surface area contributed by atoms with E-state index in [9.17, 15) is 9.59 Å². The topological polar surface area (TPSA) is 104 Å². The lowest BCUT2D eigenvalue weighted by Crippen LogP contribution is -2.38. The molecule has 1 fully saturated rings. The number of benzene rings is 1. The van der Waals surface area contributed by atoms with Gasteiger partial charge in [-0.1, -0.05) is 17.2 Å². The Labute approximate surface area is 128 Å². The summed E-state index contributed by atoms with van der Waals surface area (Å²) in [4.78, 5) is 26.3. The fourth-order valence-electron chi connectivity index (χ4n) is 2.64. The summed E-state index contributed by atoms with van der Waals surface area (Å²) in [6.07, 6.45) is 2.99. The molecule has 2 rings (SSSR count). The van der Waals surface area contributed by atoms with Gasteiger partial charge in [-0.25, -0.2) is 0 Å². The summed E-state index contributed by atoms with van der Waals surface area (Å²) in [5, 5.41) is 6.43. The van der Waals surface area contributed by atoms with Gasteiger partial charge < -0.3 is 10.1 Å². The minimum atomic E-state index is -0.168. The van der Waals surface area contributed by atoms with E-state index in [1.54, 1.807) is 24.3 Å². The number of nitrogens with one attached hydrogen (secondary N) is 1. The minimum absolute atomic E-state index is 0.0544. The first kappa shape index (κ1) is 15.9. The zero-order valence-electron chi connectivity index (χ0n) is 12.4. The van der Waals surface area contributed by atoms with Crippen LogP contribution in [0.1, 0.15) is 36.0 Å². The number of nitrogens with zero attached hydrogens (tertiary/aromatic N) is 3. The second-order valence-corrected chi connectivity index (χ2v) is 5.28. The van der Waals surface area contributed by atoms with Crippen LogP contribution < -0.4 is 5.32 Å². The Morgan fingerprint density at radius 3 is 2.41 bits per heavy atom. The first-order chi connectivity index (χ1) is 10.6. The van der Waals surface area contributed by atoms with Gasteiger partial charge in [0.1, 0.15) is 0 Å². The molecule has 0 atom stereocenters. The van der Waals surface area contributed by atoms with Crippen molar-refractivity contribution in [2.24, 2.45) is 11.0 Å². The summed E-state index contributed by atoms with van der Waals surface area (Å²) < 4.78 is 4.75. The third kappa shape index (κ3) is 3.99. The molecule has 0 bridgehead atoms. The number of ether oxygens (including phenoxy) is 1. The molecular formula is C15H18N4O3. The van der Waals surface area contributed by atoms with E-state index in [2.05, 4.69) is 15.3 Å². The van der Waals surface area contributed by atoms with E-state index in [0.717, 1.165) is 25.7 Å². The fraction of sp³-hybridized carbons (Fsp3) is 0.467. The molecule has 0 radical (unpaired) electrons. The molecule has 1 N–H and O–H groups in total. The van der Waals surface area contributed by atoms with Crippen molar-refractivity contribution in [2.75, 3.05) is 7.11 Å². The van der Waals surface area contributed by atoms with Gasteiger partial charge in [-0.05, 0) is 43.3 Å². The number of hydrogen-bond donors (Lipinski definition) is 1. The highest BCUT2D eigenvalue weighted by atomic mass is 16.5. The van der Waals surface area contributed by atoms with Crippen LogP contribution in [0.3, 0.4) is 0 Å². The molecule has 0 aliphatic heterocycles. The molecule has 1 aliphatic rings.